The topological polar surface area (TPSA) is 96.9 Å². The van der Waals surface area contributed by atoms with Gasteiger partial charge in [0.1, 0.15) is 17.6 Å². The number of hydrogen-bond acceptors (Lipinski definition) is 7. The van der Waals surface area contributed by atoms with Crippen LogP contribution >= 0.6 is 12.2 Å². The molecule has 10 heteroatoms. The van der Waals surface area contributed by atoms with Gasteiger partial charge in [0.2, 0.25) is 0 Å². The van der Waals surface area contributed by atoms with Gasteiger partial charge in [-0.1, -0.05) is 6.07 Å². The van der Waals surface area contributed by atoms with Crippen LogP contribution in [0.5, 0.6) is 0 Å². The molecule has 0 unspecified atom stereocenters. The van der Waals surface area contributed by atoms with Crippen molar-refractivity contribution in [3.8, 4) is 11.3 Å². The summed E-state index contributed by atoms with van der Waals surface area (Å²) in [6, 6.07) is 15.7. The molecule has 2 aromatic heterocycles. The first kappa shape index (κ1) is 22.5. The lowest BCUT2D eigenvalue weighted by Gasteiger charge is -2.31. The Labute approximate surface area is 202 Å². The Hall–Kier alpha value is -3.34. The van der Waals surface area contributed by atoms with Crippen molar-refractivity contribution in [3.63, 3.8) is 0 Å². The summed E-state index contributed by atoms with van der Waals surface area (Å²) in [7, 11) is 0. The first-order valence-corrected chi connectivity index (χ1v) is 11.6. The molecule has 34 heavy (non-hydrogen) atoms. The Morgan fingerprint density at radius 1 is 1.09 bits per heavy atom. The Kier molecular flexibility index (Phi) is 6.52. The van der Waals surface area contributed by atoms with Crippen molar-refractivity contribution in [3.05, 3.63) is 82.4 Å². The van der Waals surface area contributed by atoms with E-state index in [0.717, 1.165) is 56.4 Å². The average molecular weight is 480 g/mol. The number of nitrogens with zero attached hydrogens (tertiary/aromatic N) is 4. The van der Waals surface area contributed by atoms with Crippen LogP contribution in [-0.4, -0.2) is 64.2 Å². The van der Waals surface area contributed by atoms with Crippen molar-refractivity contribution < 1.29 is 14.1 Å². The van der Waals surface area contributed by atoms with Crippen LogP contribution in [0.1, 0.15) is 23.5 Å². The molecule has 0 amide bonds. The van der Waals surface area contributed by atoms with Crippen LogP contribution in [-0.2, 0) is 4.74 Å². The van der Waals surface area contributed by atoms with Crippen LogP contribution in [0.25, 0.3) is 11.3 Å². The fourth-order valence-electron chi connectivity index (χ4n) is 4.44. The van der Waals surface area contributed by atoms with E-state index in [2.05, 4.69) is 20.1 Å². The lowest BCUT2D eigenvalue weighted by atomic mass is 10.0. The third-order valence-corrected chi connectivity index (χ3v) is 6.59. The normalized spacial score (nSPS) is 20.9. The second-order valence-corrected chi connectivity index (χ2v) is 8.67. The van der Waals surface area contributed by atoms with Gasteiger partial charge in [-0.05, 0) is 48.6 Å². The molecule has 176 valence electrons. The quantitative estimate of drug-likeness (QED) is 0.310. The van der Waals surface area contributed by atoms with Crippen LogP contribution < -0.4 is 5.32 Å². The van der Waals surface area contributed by atoms with Crippen LogP contribution in [0.4, 0.5) is 5.69 Å². The monoisotopic (exact) mass is 479 g/mol. The van der Waals surface area contributed by atoms with E-state index in [1.807, 2.05) is 30.3 Å². The molecule has 0 aliphatic carbocycles. The largest absolute Gasteiger partial charge is 0.459 e. The third-order valence-electron chi connectivity index (χ3n) is 6.24. The van der Waals surface area contributed by atoms with E-state index < -0.39 is 4.92 Å². The molecule has 2 saturated heterocycles. The Bertz CT molecular complexity index is 1150. The molecule has 0 bridgehead atoms. The molecular weight excluding hydrogens is 454 g/mol. The fraction of sp³-hybridized carbons (Fsp3) is 0.333. The van der Waals surface area contributed by atoms with E-state index >= 15 is 0 Å². The zero-order chi connectivity index (χ0) is 23.5. The van der Waals surface area contributed by atoms with Crippen molar-refractivity contribution in [1.82, 2.24) is 20.1 Å². The molecule has 2 fully saturated rings. The van der Waals surface area contributed by atoms with Crippen LogP contribution in [0.2, 0.25) is 0 Å². The van der Waals surface area contributed by atoms with E-state index in [4.69, 9.17) is 21.4 Å². The highest BCUT2D eigenvalue weighted by atomic mass is 32.1. The maximum absolute atomic E-state index is 11.0. The van der Waals surface area contributed by atoms with Crippen LogP contribution in [0.3, 0.4) is 0 Å². The zero-order valence-corrected chi connectivity index (χ0v) is 19.3. The number of non-ortho nitro benzene ring substituents is 1. The Balaban J connectivity index is 1.43. The number of pyridine rings is 1. The summed E-state index contributed by atoms with van der Waals surface area (Å²) >= 11 is 5.74. The smallest absolute Gasteiger partial charge is 0.269 e. The number of furan rings is 1. The maximum Gasteiger partial charge on any atom is 0.269 e. The van der Waals surface area contributed by atoms with Gasteiger partial charge >= 0.3 is 0 Å². The molecule has 0 radical (unpaired) electrons. The number of nitro groups is 1. The lowest BCUT2D eigenvalue weighted by Crippen LogP contribution is -2.42. The molecule has 9 nitrogen and oxygen atoms in total. The molecule has 5 rings (SSSR count). The van der Waals surface area contributed by atoms with Gasteiger partial charge in [0.05, 0.1) is 29.9 Å². The molecule has 1 aromatic carbocycles. The second kappa shape index (κ2) is 9.88. The number of ether oxygens (including phenoxy) is 1. The highest BCUT2D eigenvalue weighted by molar-refractivity contribution is 7.80. The van der Waals surface area contributed by atoms with E-state index in [1.165, 1.54) is 12.1 Å². The maximum atomic E-state index is 11.0. The minimum atomic E-state index is -0.410. The summed E-state index contributed by atoms with van der Waals surface area (Å²) in [6.45, 7) is 4.93. The van der Waals surface area contributed by atoms with Crippen molar-refractivity contribution >= 4 is 23.0 Å². The number of morpholine rings is 1. The summed E-state index contributed by atoms with van der Waals surface area (Å²) in [4.78, 5) is 19.7. The molecule has 0 saturated carbocycles. The van der Waals surface area contributed by atoms with Crippen molar-refractivity contribution in [2.45, 2.75) is 12.1 Å². The minimum Gasteiger partial charge on any atom is -0.459 e. The SMILES string of the molecule is O=[N+]([O-])c1ccc(-c2ccc([C@@H]3[C@@H](c4ccccn4)NC(=S)N3CCN3CCOCC3)o2)cc1. The molecule has 2 aliphatic rings. The zero-order valence-electron chi connectivity index (χ0n) is 18.5. The molecule has 1 N–H and O–H groups in total. The summed E-state index contributed by atoms with van der Waals surface area (Å²) in [5, 5.41) is 15.1. The fourth-order valence-corrected chi connectivity index (χ4v) is 4.78. The van der Waals surface area contributed by atoms with Crippen molar-refractivity contribution in [2.75, 3.05) is 39.4 Å². The molecule has 2 aliphatic heterocycles. The van der Waals surface area contributed by atoms with Gasteiger partial charge in [-0.2, -0.15) is 0 Å². The minimum absolute atomic E-state index is 0.0466. The number of nitro benzene ring substituents is 1. The lowest BCUT2D eigenvalue weighted by molar-refractivity contribution is -0.384. The molecule has 4 heterocycles. The van der Waals surface area contributed by atoms with Gasteiger partial charge in [0, 0.05) is 50.1 Å². The van der Waals surface area contributed by atoms with Gasteiger partial charge in [-0.15, -0.1) is 0 Å². The van der Waals surface area contributed by atoms with Gasteiger partial charge in [-0.3, -0.25) is 20.0 Å². The third kappa shape index (κ3) is 4.65. The summed E-state index contributed by atoms with van der Waals surface area (Å²) in [6.07, 6.45) is 1.78. The molecule has 3 aromatic rings. The Morgan fingerprint density at radius 3 is 2.59 bits per heavy atom. The van der Waals surface area contributed by atoms with Crippen LogP contribution in [0.15, 0.2) is 65.2 Å². The van der Waals surface area contributed by atoms with Gasteiger partial charge in [-0.25, -0.2) is 0 Å². The summed E-state index contributed by atoms with van der Waals surface area (Å²) in [5.74, 6) is 1.41. The standard InChI is InChI=1S/C24H25N5O4S/c30-29(31)18-6-4-17(5-7-18)20-8-9-21(33-20)23-22(19-3-1-2-10-25-19)26-24(34)28(23)12-11-27-13-15-32-16-14-27/h1-10,22-23H,11-16H2,(H,26,34)/t22-,23-/m1/s1. The van der Waals surface area contributed by atoms with E-state index in [-0.39, 0.29) is 17.8 Å². The van der Waals surface area contributed by atoms with Crippen LogP contribution in [0, 0.1) is 10.1 Å². The summed E-state index contributed by atoms with van der Waals surface area (Å²) < 4.78 is 11.8. The summed E-state index contributed by atoms with van der Waals surface area (Å²) in [5.41, 5.74) is 1.71. The second-order valence-electron chi connectivity index (χ2n) is 8.28. The van der Waals surface area contributed by atoms with Crippen molar-refractivity contribution in [2.24, 2.45) is 0 Å². The van der Waals surface area contributed by atoms with Gasteiger partial charge in [0.15, 0.2) is 5.11 Å². The number of nitrogens with one attached hydrogen (secondary N) is 1. The molecule has 2 atom stereocenters. The Morgan fingerprint density at radius 2 is 1.88 bits per heavy atom. The van der Waals surface area contributed by atoms with Gasteiger partial charge in [0.25, 0.3) is 5.69 Å². The number of rotatable bonds is 7. The predicted molar refractivity (Wildman–Crippen MR) is 130 cm³/mol. The number of thiocarbonyl (C=S) groups is 1. The van der Waals surface area contributed by atoms with E-state index in [1.54, 1.807) is 18.3 Å². The van der Waals surface area contributed by atoms with Gasteiger partial charge < -0.3 is 19.4 Å². The number of aromatic nitrogens is 1. The number of hydrogen-bond donors (Lipinski definition) is 1. The average Bonchev–Trinajstić information content (AvgIpc) is 3.48. The first-order chi connectivity index (χ1) is 16.6. The van der Waals surface area contributed by atoms with E-state index in [0.29, 0.717) is 10.9 Å². The number of benzene rings is 1. The van der Waals surface area contributed by atoms with E-state index in [9.17, 15) is 10.1 Å². The predicted octanol–water partition coefficient (Wildman–Crippen LogP) is 3.55. The molecular formula is C24H25N5O4S. The highest BCUT2D eigenvalue weighted by Gasteiger charge is 2.41. The van der Waals surface area contributed by atoms with Crippen molar-refractivity contribution in [1.29, 1.82) is 0 Å². The molecule has 0 spiro atoms. The first-order valence-electron chi connectivity index (χ1n) is 11.2. The highest BCUT2D eigenvalue weighted by Crippen LogP contribution is 2.40.